The van der Waals surface area contributed by atoms with Gasteiger partial charge in [-0.05, 0) is 40.0 Å². The van der Waals surface area contributed by atoms with Gasteiger partial charge in [-0.3, -0.25) is 0 Å². The molecule has 6 nitrogen and oxygen atoms in total. The van der Waals surface area contributed by atoms with Crippen molar-refractivity contribution in [2.24, 2.45) is 0 Å². The summed E-state index contributed by atoms with van der Waals surface area (Å²) >= 11 is 0. The van der Waals surface area contributed by atoms with Crippen LogP contribution in [0.2, 0.25) is 0 Å². The highest BCUT2D eigenvalue weighted by Crippen LogP contribution is 2.36. The lowest BCUT2D eigenvalue weighted by Gasteiger charge is -2.43. The maximum absolute atomic E-state index is 11.7. The molecule has 1 rings (SSSR count). The van der Waals surface area contributed by atoms with Crippen LogP contribution in [0.4, 0.5) is 4.79 Å². The zero-order valence-electron chi connectivity index (χ0n) is 11.0. The van der Waals surface area contributed by atoms with E-state index in [-0.39, 0.29) is 6.42 Å². The summed E-state index contributed by atoms with van der Waals surface area (Å²) in [5.41, 5.74) is -1.24. The summed E-state index contributed by atoms with van der Waals surface area (Å²) in [5, 5.41) is 20.8. The SMILES string of the molecule is CC(C)(C)OC(=O)NC1(CC(O)C(=O)O)CCC1. The van der Waals surface area contributed by atoms with Gasteiger partial charge in [0.15, 0.2) is 6.10 Å². The summed E-state index contributed by atoms with van der Waals surface area (Å²) in [4.78, 5) is 22.3. The van der Waals surface area contributed by atoms with E-state index >= 15 is 0 Å². The summed E-state index contributed by atoms with van der Waals surface area (Å²) in [6.45, 7) is 5.27. The number of alkyl carbamates (subject to hydrolysis) is 1. The number of amides is 1. The summed E-state index contributed by atoms with van der Waals surface area (Å²) in [5.74, 6) is -1.27. The third-order valence-electron chi connectivity index (χ3n) is 2.95. The van der Waals surface area contributed by atoms with Gasteiger partial charge < -0.3 is 20.3 Å². The molecule has 1 unspecified atom stereocenters. The number of carboxylic acids is 1. The molecule has 1 saturated carbocycles. The fourth-order valence-electron chi connectivity index (χ4n) is 1.96. The number of ether oxygens (including phenoxy) is 1. The maximum Gasteiger partial charge on any atom is 0.408 e. The van der Waals surface area contributed by atoms with E-state index in [2.05, 4.69) is 5.32 Å². The lowest BCUT2D eigenvalue weighted by molar-refractivity contribution is -0.148. The van der Waals surface area contributed by atoms with Gasteiger partial charge in [-0.1, -0.05) is 0 Å². The topological polar surface area (TPSA) is 95.9 Å². The molecule has 0 aromatic rings. The second-order valence-electron chi connectivity index (χ2n) is 5.82. The van der Waals surface area contributed by atoms with Crippen molar-refractivity contribution in [2.45, 2.75) is 63.7 Å². The highest BCUT2D eigenvalue weighted by Gasteiger charge is 2.42. The number of rotatable bonds is 4. The monoisotopic (exact) mass is 259 g/mol. The second-order valence-corrected chi connectivity index (χ2v) is 5.82. The van der Waals surface area contributed by atoms with Crippen LogP contribution in [0, 0.1) is 0 Å². The average Bonchev–Trinajstić information content (AvgIpc) is 2.10. The van der Waals surface area contributed by atoms with Crippen LogP contribution in [0.1, 0.15) is 46.5 Å². The van der Waals surface area contributed by atoms with Crippen molar-refractivity contribution in [1.29, 1.82) is 0 Å². The Morgan fingerprint density at radius 2 is 1.94 bits per heavy atom. The third kappa shape index (κ3) is 4.18. The van der Waals surface area contributed by atoms with Gasteiger partial charge >= 0.3 is 12.1 Å². The second kappa shape index (κ2) is 5.14. The first kappa shape index (κ1) is 14.8. The van der Waals surface area contributed by atoms with E-state index in [0.29, 0.717) is 12.8 Å². The predicted octanol–water partition coefficient (Wildman–Crippen LogP) is 1.27. The van der Waals surface area contributed by atoms with Crippen molar-refractivity contribution in [3.8, 4) is 0 Å². The minimum atomic E-state index is -1.46. The van der Waals surface area contributed by atoms with E-state index < -0.39 is 29.3 Å². The van der Waals surface area contributed by atoms with E-state index in [9.17, 15) is 14.7 Å². The fourth-order valence-corrected chi connectivity index (χ4v) is 1.96. The van der Waals surface area contributed by atoms with Crippen molar-refractivity contribution in [3.63, 3.8) is 0 Å². The first-order valence-electron chi connectivity index (χ1n) is 6.06. The largest absolute Gasteiger partial charge is 0.479 e. The van der Waals surface area contributed by atoms with Crippen molar-refractivity contribution in [1.82, 2.24) is 5.32 Å². The molecular weight excluding hydrogens is 238 g/mol. The van der Waals surface area contributed by atoms with E-state index in [4.69, 9.17) is 9.84 Å². The molecule has 6 heteroatoms. The van der Waals surface area contributed by atoms with Crippen LogP contribution in [0.5, 0.6) is 0 Å². The number of hydrogen-bond donors (Lipinski definition) is 3. The van der Waals surface area contributed by atoms with Crippen molar-refractivity contribution in [2.75, 3.05) is 0 Å². The van der Waals surface area contributed by atoms with Gasteiger partial charge in [0, 0.05) is 12.0 Å². The van der Waals surface area contributed by atoms with Crippen LogP contribution >= 0.6 is 0 Å². The van der Waals surface area contributed by atoms with Gasteiger partial charge in [0.05, 0.1) is 0 Å². The molecule has 0 saturated heterocycles. The predicted molar refractivity (Wildman–Crippen MR) is 64.2 cm³/mol. The van der Waals surface area contributed by atoms with Crippen LogP contribution < -0.4 is 5.32 Å². The Morgan fingerprint density at radius 3 is 2.28 bits per heavy atom. The van der Waals surface area contributed by atoms with Crippen LogP contribution in [-0.2, 0) is 9.53 Å². The van der Waals surface area contributed by atoms with Gasteiger partial charge in [-0.25, -0.2) is 9.59 Å². The molecule has 0 heterocycles. The normalized spacial score (nSPS) is 19.6. The van der Waals surface area contributed by atoms with Gasteiger partial charge in [-0.2, -0.15) is 0 Å². The summed E-state index contributed by atoms with van der Waals surface area (Å²) < 4.78 is 5.13. The molecule has 104 valence electrons. The molecule has 0 radical (unpaired) electrons. The smallest absolute Gasteiger partial charge is 0.408 e. The quantitative estimate of drug-likeness (QED) is 0.706. The maximum atomic E-state index is 11.7. The lowest BCUT2D eigenvalue weighted by Crippen LogP contribution is -2.56. The number of carboxylic acid groups (broad SMARTS) is 1. The fraction of sp³-hybridized carbons (Fsp3) is 0.833. The Balaban J connectivity index is 2.55. The molecule has 1 amide bonds. The highest BCUT2D eigenvalue weighted by atomic mass is 16.6. The van der Waals surface area contributed by atoms with E-state index in [1.807, 2.05) is 0 Å². The standard InChI is InChI=1S/C12H21NO5/c1-11(2,3)18-10(17)13-12(5-4-6-12)7-8(14)9(15)16/h8,14H,4-7H2,1-3H3,(H,13,17)(H,15,16). The number of hydrogen-bond acceptors (Lipinski definition) is 4. The molecule has 0 aliphatic heterocycles. The minimum absolute atomic E-state index is 0.0155. The Kier molecular flexibility index (Phi) is 4.21. The van der Waals surface area contributed by atoms with E-state index in [1.54, 1.807) is 20.8 Å². The Morgan fingerprint density at radius 1 is 1.39 bits per heavy atom. The molecule has 1 atom stereocenters. The van der Waals surface area contributed by atoms with Crippen molar-refractivity contribution in [3.05, 3.63) is 0 Å². The molecule has 1 fully saturated rings. The number of aliphatic hydroxyl groups is 1. The highest BCUT2D eigenvalue weighted by molar-refractivity contribution is 5.73. The third-order valence-corrected chi connectivity index (χ3v) is 2.95. The van der Waals surface area contributed by atoms with E-state index in [1.165, 1.54) is 0 Å². The lowest BCUT2D eigenvalue weighted by atomic mass is 9.73. The number of aliphatic hydroxyl groups excluding tert-OH is 1. The van der Waals surface area contributed by atoms with Crippen molar-refractivity contribution >= 4 is 12.1 Å². The Bertz CT molecular complexity index is 330. The molecule has 0 spiro atoms. The summed E-state index contributed by atoms with van der Waals surface area (Å²) in [7, 11) is 0. The average molecular weight is 259 g/mol. The van der Waals surface area contributed by atoms with E-state index in [0.717, 1.165) is 6.42 Å². The zero-order valence-corrected chi connectivity index (χ0v) is 11.0. The van der Waals surface area contributed by atoms with Crippen LogP contribution in [0.3, 0.4) is 0 Å². The molecule has 0 bridgehead atoms. The molecule has 0 aromatic carbocycles. The van der Waals surface area contributed by atoms with Crippen LogP contribution in [0.15, 0.2) is 0 Å². The molecule has 0 aromatic heterocycles. The van der Waals surface area contributed by atoms with Crippen LogP contribution in [0.25, 0.3) is 0 Å². The van der Waals surface area contributed by atoms with Gasteiger partial charge in [0.1, 0.15) is 5.60 Å². The number of nitrogens with one attached hydrogen (secondary N) is 1. The first-order chi connectivity index (χ1) is 8.14. The summed E-state index contributed by atoms with van der Waals surface area (Å²) in [6.07, 6.45) is 0.219. The molecule has 1 aliphatic carbocycles. The summed E-state index contributed by atoms with van der Waals surface area (Å²) in [6, 6.07) is 0. The first-order valence-corrected chi connectivity index (χ1v) is 6.06. The number of carbonyl (C=O) groups excluding carboxylic acids is 1. The number of aliphatic carboxylic acids is 1. The van der Waals surface area contributed by atoms with Crippen molar-refractivity contribution < 1.29 is 24.5 Å². The minimum Gasteiger partial charge on any atom is -0.479 e. The number of carbonyl (C=O) groups is 2. The molecular formula is C12H21NO5. The van der Waals surface area contributed by atoms with Gasteiger partial charge in [0.2, 0.25) is 0 Å². The van der Waals surface area contributed by atoms with Crippen LogP contribution in [-0.4, -0.2) is 39.5 Å². The van der Waals surface area contributed by atoms with Gasteiger partial charge in [0.25, 0.3) is 0 Å². The Labute approximate surface area is 106 Å². The zero-order chi connectivity index (χ0) is 14.0. The molecule has 1 aliphatic rings. The van der Waals surface area contributed by atoms with Gasteiger partial charge in [-0.15, -0.1) is 0 Å². The molecule has 18 heavy (non-hydrogen) atoms. The Hall–Kier alpha value is -1.30. The molecule has 3 N–H and O–H groups in total.